The van der Waals surface area contributed by atoms with Crippen LogP contribution in [0.5, 0.6) is 34.5 Å². The van der Waals surface area contributed by atoms with Crippen molar-refractivity contribution in [2.75, 3.05) is 7.11 Å². The SMILES string of the molecule is CCCCCCc1ccc(O)cc1O.COc1c(CC(=O)c2cc3c(cc2O)OC(C)(C)C(O)C3)ccc2c1C=CC(C)(C)O2. The molecular weight excluding hydrogens is 572 g/mol. The molecule has 1 unspecified atom stereocenters. The lowest BCUT2D eigenvalue weighted by Crippen LogP contribution is -2.46. The molecule has 0 bridgehead atoms. The molecular formula is C37H46O8. The van der Waals surface area contributed by atoms with E-state index in [-0.39, 0.29) is 35.0 Å². The largest absolute Gasteiger partial charge is 0.508 e. The second-order valence-electron chi connectivity index (χ2n) is 12.8. The van der Waals surface area contributed by atoms with Gasteiger partial charge in [-0.1, -0.05) is 38.3 Å². The van der Waals surface area contributed by atoms with Crippen molar-refractivity contribution in [3.63, 3.8) is 0 Å². The number of aryl methyl sites for hydroxylation is 1. The van der Waals surface area contributed by atoms with Gasteiger partial charge in [-0.05, 0) is 82.0 Å². The van der Waals surface area contributed by atoms with E-state index in [2.05, 4.69) is 6.92 Å². The van der Waals surface area contributed by atoms with E-state index in [1.54, 1.807) is 39.2 Å². The van der Waals surface area contributed by atoms with E-state index < -0.39 is 17.3 Å². The molecule has 2 aliphatic rings. The quantitative estimate of drug-likeness (QED) is 0.145. The Morgan fingerprint density at radius 1 is 0.911 bits per heavy atom. The summed E-state index contributed by atoms with van der Waals surface area (Å²) in [5.41, 5.74) is 2.15. The molecule has 0 aliphatic carbocycles. The van der Waals surface area contributed by atoms with Gasteiger partial charge in [0.2, 0.25) is 0 Å². The molecule has 0 spiro atoms. The predicted molar refractivity (Wildman–Crippen MR) is 175 cm³/mol. The van der Waals surface area contributed by atoms with Crippen LogP contribution in [0.25, 0.3) is 6.08 Å². The topological polar surface area (TPSA) is 126 Å². The van der Waals surface area contributed by atoms with E-state index in [1.807, 2.05) is 38.1 Å². The third kappa shape index (κ3) is 8.11. The van der Waals surface area contributed by atoms with Crippen LogP contribution in [0, 0.1) is 0 Å². The molecule has 2 heterocycles. The number of ether oxygens (including phenoxy) is 3. The highest BCUT2D eigenvalue weighted by Crippen LogP contribution is 2.41. The Morgan fingerprint density at radius 2 is 1.64 bits per heavy atom. The molecule has 0 amide bonds. The molecule has 0 saturated heterocycles. The molecule has 0 fully saturated rings. The number of hydrogen-bond acceptors (Lipinski definition) is 8. The first-order valence-corrected chi connectivity index (χ1v) is 15.6. The van der Waals surface area contributed by atoms with E-state index in [4.69, 9.17) is 19.3 Å². The van der Waals surface area contributed by atoms with Gasteiger partial charge in [-0.15, -0.1) is 0 Å². The van der Waals surface area contributed by atoms with Crippen LogP contribution in [-0.2, 0) is 19.3 Å². The van der Waals surface area contributed by atoms with Crippen LogP contribution in [0.1, 0.15) is 92.9 Å². The van der Waals surface area contributed by atoms with Gasteiger partial charge in [0.15, 0.2) is 5.78 Å². The number of aromatic hydroxyl groups is 3. The van der Waals surface area contributed by atoms with E-state index >= 15 is 0 Å². The summed E-state index contributed by atoms with van der Waals surface area (Å²) in [6, 6.07) is 11.5. The van der Waals surface area contributed by atoms with Crippen LogP contribution in [-0.4, -0.2) is 50.6 Å². The molecule has 242 valence electrons. The zero-order chi connectivity index (χ0) is 32.9. The van der Waals surface area contributed by atoms with Crippen LogP contribution >= 0.6 is 0 Å². The number of unbranched alkanes of at least 4 members (excludes halogenated alkanes) is 3. The summed E-state index contributed by atoms with van der Waals surface area (Å²) in [5, 5.41) is 39.4. The maximum absolute atomic E-state index is 13.1. The number of rotatable bonds is 9. The van der Waals surface area contributed by atoms with Crippen molar-refractivity contribution >= 4 is 11.9 Å². The van der Waals surface area contributed by atoms with Crippen LogP contribution in [0.4, 0.5) is 0 Å². The van der Waals surface area contributed by atoms with Crippen LogP contribution in [0.3, 0.4) is 0 Å². The first-order valence-electron chi connectivity index (χ1n) is 15.6. The highest BCUT2D eigenvalue weighted by atomic mass is 16.5. The Morgan fingerprint density at radius 3 is 2.33 bits per heavy atom. The second-order valence-corrected chi connectivity index (χ2v) is 12.8. The fraction of sp³-hybridized carbons (Fsp3) is 0.432. The van der Waals surface area contributed by atoms with Crippen molar-refractivity contribution in [2.45, 2.75) is 96.9 Å². The Bertz CT molecular complexity index is 1550. The van der Waals surface area contributed by atoms with Crippen molar-refractivity contribution in [3.05, 3.63) is 76.4 Å². The third-order valence-corrected chi connectivity index (χ3v) is 8.25. The number of aliphatic hydroxyl groups is 1. The highest BCUT2D eigenvalue weighted by molar-refractivity contribution is 6.00. The average Bonchev–Trinajstić information content (AvgIpc) is 2.96. The Kier molecular flexibility index (Phi) is 10.4. The highest BCUT2D eigenvalue weighted by Gasteiger charge is 2.36. The van der Waals surface area contributed by atoms with Crippen LogP contribution < -0.4 is 14.2 Å². The summed E-state index contributed by atoms with van der Waals surface area (Å²) in [6.07, 6.45) is 9.27. The van der Waals surface area contributed by atoms with E-state index in [0.717, 1.165) is 24.0 Å². The number of aliphatic hydroxyl groups excluding tert-OH is 1. The number of carbonyl (C=O) groups is 1. The monoisotopic (exact) mass is 618 g/mol. The van der Waals surface area contributed by atoms with Gasteiger partial charge in [0, 0.05) is 30.5 Å². The number of phenolic OH excluding ortho intramolecular Hbond substituents is 3. The second kappa shape index (κ2) is 13.9. The van der Waals surface area contributed by atoms with Gasteiger partial charge in [-0.3, -0.25) is 4.79 Å². The molecule has 0 aromatic heterocycles. The number of hydrogen-bond donors (Lipinski definition) is 4. The molecule has 45 heavy (non-hydrogen) atoms. The summed E-state index contributed by atoms with van der Waals surface area (Å²) in [6.45, 7) is 9.70. The minimum Gasteiger partial charge on any atom is -0.508 e. The maximum Gasteiger partial charge on any atom is 0.171 e. The molecule has 2 aliphatic heterocycles. The number of phenols is 3. The van der Waals surface area contributed by atoms with E-state index in [0.29, 0.717) is 34.8 Å². The van der Waals surface area contributed by atoms with Crippen molar-refractivity contribution in [1.82, 2.24) is 0 Å². The average molecular weight is 619 g/mol. The molecule has 3 aromatic rings. The van der Waals surface area contributed by atoms with Crippen molar-refractivity contribution < 1.29 is 39.4 Å². The Balaban J connectivity index is 0.000000276. The number of ketones is 1. The lowest BCUT2D eigenvalue weighted by molar-refractivity contribution is -0.0412. The molecule has 8 nitrogen and oxygen atoms in total. The van der Waals surface area contributed by atoms with Crippen molar-refractivity contribution in [2.24, 2.45) is 0 Å². The smallest absolute Gasteiger partial charge is 0.171 e. The standard InChI is InChI=1S/C25H28O6.C12H18O2/c1-24(2)9-8-16-20(30-24)7-6-14(23(16)29-5)11-18(26)17-10-15-12-22(28)25(3,4)31-21(15)13-19(17)27;1-2-3-4-5-6-10-7-8-11(13)9-12(10)14/h6-10,13,22,27-28H,11-12H2,1-5H3;7-9,13-14H,2-6H2,1H3. The van der Waals surface area contributed by atoms with Crippen LogP contribution in [0.15, 0.2) is 48.5 Å². The van der Waals surface area contributed by atoms with Crippen molar-refractivity contribution in [3.8, 4) is 34.5 Å². The Labute approximate surface area is 265 Å². The Hall–Kier alpha value is -4.17. The minimum atomic E-state index is -0.758. The van der Waals surface area contributed by atoms with Crippen LogP contribution in [0.2, 0.25) is 0 Å². The lowest BCUT2D eigenvalue weighted by atomic mass is 9.89. The predicted octanol–water partition coefficient (Wildman–Crippen LogP) is 7.31. The zero-order valence-electron chi connectivity index (χ0n) is 27.1. The maximum atomic E-state index is 13.1. The van der Waals surface area contributed by atoms with Gasteiger partial charge in [0.05, 0.1) is 24.3 Å². The number of carbonyl (C=O) groups excluding carboxylic acids is 1. The molecule has 0 saturated carbocycles. The molecule has 8 heteroatoms. The van der Waals surface area contributed by atoms with Gasteiger partial charge < -0.3 is 34.6 Å². The summed E-state index contributed by atoms with van der Waals surface area (Å²) < 4.78 is 17.4. The molecule has 1 atom stereocenters. The fourth-order valence-electron chi connectivity index (χ4n) is 5.53. The molecule has 5 rings (SSSR count). The first kappa shape index (κ1) is 33.7. The molecule has 3 aromatic carbocycles. The first-order chi connectivity index (χ1) is 21.2. The zero-order valence-corrected chi connectivity index (χ0v) is 27.1. The number of fused-ring (bicyclic) bond motifs is 2. The van der Waals surface area contributed by atoms with Gasteiger partial charge >= 0.3 is 0 Å². The number of benzene rings is 3. The molecule has 4 N–H and O–H groups in total. The lowest BCUT2D eigenvalue weighted by Gasteiger charge is -2.37. The fourth-order valence-corrected chi connectivity index (χ4v) is 5.53. The third-order valence-electron chi connectivity index (χ3n) is 8.25. The number of methoxy groups -OCH3 is 1. The van der Waals surface area contributed by atoms with Crippen molar-refractivity contribution in [1.29, 1.82) is 0 Å². The van der Waals surface area contributed by atoms with Gasteiger partial charge in [-0.2, -0.15) is 0 Å². The van der Waals surface area contributed by atoms with Gasteiger partial charge in [0.1, 0.15) is 45.7 Å². The van der Waals surface area contributed by atoms with Gasteiger partial charge in [-0.25, -0.2) is 0 Å². The minimum absolute atomic E-state index is 0.0505. The summed E-state index contributed by atoms with van der Waals surface area (Å²) in [4.78, 5) is 13.1. The summed E-state index contributed by atoms with van der Waals surface area (Å²) in [5.74, 6) is 1.71. The normalized spacial score (nSPS) is 17.1. The van der Waals surface area contributed by atoms with E-state index in [1.165, 1.54) is 31.4 Å². The number of Topliss-reactive ketones (excluding diaryl/α,β-unsaturated/α-hetero) is 1. The molecule has 0 radical (unpaired) electrons. The summed E-state index contributed by atoms with van der Waals surface area (Å²) >= 11 is 0. The van der Waals surface area contributed by atoms with E-state index in [9.17, 15) is 20.1 Å². The van der Waals surface area contributed by atoms with Gasteiger partial charge in [0.25, 0.3) is 0 Å². The summed E-state index contributed by atoms with van der Waals surface area (Å²) in [7, 11) is 1.56.